The van der Waals surface area contributed by atoms with Gasteiger partial charge in [-0.25, -0.2) is 9.18 Å². The van der Waals surface area contributed by atoms with E-state index < -0.39 is 57.1 Å². The van der Waals surface area contributed by atoms with Crippen LogP contribution in [0, 0.1) is 34.6 Å². The van der Waals surface area contributed by atoms with Crippen LogP contribution in [0.25, 0.3) is 0 Å². The Morgan fingerprint density at radius 1 is 1.48 bits per heavy atom. The molecule has 1 saturated heterocycles. The molecule has 10 nitrogen and oxygen atoms in total. The topological polar surface area (TPSA) is 134 Å². The molecule has 2 amide bonds. The third kappa shape index (κ3) is 3.93. The number of halogens is 2. The summed E-state index contributed by atoms with van der Waals surface area (Å²) in [5.74, 6) is -4.77. The van der Waals surface area contributed by atoms with Crippen LogP contribution in [0.3, 0.4) is 0 Å². The summed E-state index contributed by atoms with van der Waals surface area (Å²) >= 11 is 0. The largest absolute Gasteiger partial charge is 0.453 e. The molecule has 1 fully saturated rings. The number of rotatable bonds is 3. The van der Waals surface area contributed by atoms with Gasteiger partial charge in [0, 0.05) is 13.1 Å². The smallest absolute Gasteiger partial charge is 0.409 e. The van der Waals surface area contributed by atoms with Crippen LogP contribution >= 0.6 is 0 Å². The van der Waals surface area contributed by atoms with Crippen molar-refractivity contribution in [3.05, 3.63) is 38.9 Å². The fraction of sp³-hybridized carbons (Fsp3) is 0.400. The summed E-state index contributed by atoms with van der Waals surface area (Å²) in [4.78, 5) is 34.9. The fourth-order valence-electron chi connectivity index (χ4n) is 2.73. The first-order chi connectivity index (χ1) is 12.7. The molecule has 1 aliphatic heterocycles. The quantitative estimate of drug-likeness (QED) is 0.266. The number of carbonyl (C=O) groups is 2. The molecule has 1 atom stereocenters. The van der Waals surface area contributed by atoms with E-state index in [1.54, 1.807) is 0 Å². The van der Waals surface area contributed by atoms with Crippen molar-refractivity contribution in [2.75, 3.05) is 20.2 Å². The number of hydrogen-bond donors (Lipinski definition) is 2. The second kappa shape index (κ2) is 7.93. The summed E-state index contributed by atoms with van der Waals surface area (Å²) in [6.45, 7) is 1.28. The Bertz CT molecular complexity index is 829. The van der Waals surface area contributed by atoms with Crippen LogP contribution in [0.4, 0.5) is 19.3 Å². The van der Waals surface area contributed by atoms with Gasteiger partial charge in [-0.15, -0.1) is 0 Å². The van der Waals surface area contributed by atoms with Gasteiger partial charge in [-0.05, 0) is 19.4 Å². The van der Waals surface area contributed by atoms with Gasteiger partial charge < -0.3 is 20.2 Å². The summed E-state index contributed by atoms with van der Waals surface area (Å²) in [7, 11) is 1.19. The van der Waals surface area contributed by atoms with Gasteiger partial charge in [0.25, 0.3) is 0 Å². The molecule has 0 bridgehead atoms. The van der Waals surface area contributed by atoms with E-state index in [1.165, 1.54) is 12.0 Å². The number of nitrogens with zero attached hydrogens (tertiary/aromatic N) is 3. The number of hydrogen-bond acceptors (Lipinski definition) is 7. The second-order valence-electron chi connectivity index (χ2n) is 5.79. The first kappa shape index (κ1) is 20.0. The van der Waals surface area contributed by atoms with Crippen molar-refractivity contribution in [3.63, 3.8) is 0 Å². The van der Waals surface area contributed by atoms with Crippen molar-refractivity contribution in [2.24, 2.45) is 11.1 Å². The van der Waals surface area contributed by atoms with E-state index in [0.717, 1.165) is 6.92 Å². The molecule has 0 radical (unpaired) electrons. The predicted octanol–water partition coefficient (Wildman–Crippen LogP) is 1.52. The van der Waals surface area contributed by atoms with E-state index in [1.807, 2.05) is 0 Å². The summed E-state index contributed by atoms with van der Waals surface area (Å²) in [6.07, 6.45) is -0.353. The highest BCUT2D eigenvalue weighted by atomic mass is 19.1. The zero-order valence-electron chi connectivity index (χ0n) is 14.4. The Morgan fingerprint density at radius 2 is 2.15 bits per heavy atom. The van der Waals surface area contributed by atoms with Crippen LogP contribution in [0.5, 0.6) is 0 Å². The SMILES string of the molecule is COC(=O)N1CC[C@@H](C(=O)N/C(=N\O)c2cc(F)c(C)c([N+](=O)[O-])c2F)C1. The lowest BCUT2D eigenvalue weighted by Gasteiger charge is -2.15. The van der Waals surface area contributed by atoms with E-state index in [0.29, 0.717) is 6.07 Å². The lowest BCUT2D eigenvalue weighted by molar-refractivity contribution is -0.388. The molecule has 146 valence electrons. The molecular weight excluding hydrogens is 370 g/mol. The summed E-state index contributed by atoms with van der Waals surface area (Å²) in [5, 5.41) is 24.9. The summed E-state index contributed by atoms with van der Waals surface area (Å²) in [6, 6.07) is 0.586. The molecule has 0 aliphatic carbocycles. The zero-order valence-corrected chi connectivity index (χ0v) is 14.4. The zero-order chi connectivity index (χ0) is 20.3. The molecule has 0 unspecified atom stereocenters. The minimum Gasteiger partial charge on any atom is -0.453 e. The average molecular weight is 386 g/mol. The highest BCUT2D eigenvalue weighted by Gasteiger charge is 2.33. The van der Waals surface area contributed by atoms with Gasteiger partial charge in [0.1, 0.15) is 5.82 Å². The van der Waals surface area contributed by atoms with Gasteiger partial charge in [0.05, 0.1) is 29.1 Å². The van der Waals surface area contributed by atoms with Crippen LogP contribution < -0.4 is 5.32 Å². The molecule has 1 aliphatic rings. The van der Waals surface area contributed by atoms with Crippen LogP contribution in [0.1, 0.15) is 17.5 Å². The van der Waals surface area contributed by atoms with E-state index >= 15 is 0 Å². The van der Waals surface area contributed by atoms with Gasteiger partial charge in [0.15, 0.2) is 5.84 Å². The number of amidine groups is 1. The number of oxime groups is 1. The predicted molar refractivity (Wildman–Crippen MR) is 86.3 cm³/mol. The molecule has 1 aromatic rings. The normalized spacial score (nSPS) is 17.0. The summed E-state index contributed by atoms with van der Waals surface area (Å²) < 4.78 is 32.9. The Balaban J connectivity index is 2.25. The van der Waals surface area contributed by atoms with Gasteiger partial charge in [-0.3, -0.25) is 14.9 Å². The summed E-state index contributed by atoms with van der Waals surface area (Å²) in [5.41, 5.74) is -2.43. The third-order valence-electron chi connectivity index (χ3n) is 4.20. The molecule has 1 heterocycles. The Hall–Kier alpha value is -3.31. The maximum atomic E-state index is 14.4. The van der Waals surface area contributed by atoms with Crippen LogP contribution in [-0.4, -0.2) is 53.1 Å². The Morgan fingerprint density at radius 3 is 2.70 bits per heavy atom. The highest BCUT2D eigenvalue weighted by molar-refractivity contribution is 6.08. The lowest BCUT2D eigenvalue weighted by Crippen LogP contribution is -2.38. The van der Waals surface area contributed by atoms with E-state index in [9.17, 15) is 28.5 Å². The number of amides is 2. The Kier molecular flexibility index (Phi) is 5.88. The first-order valence-corrected chi connectivity index (χ1v) is 7.70. The molecular formula is C15H16F2N4O6. The van der Waals surface area contributed by atoms with Crippen molar-refractivity contribution in [2.45, 2.75) is 13.3 Å². The van der Waals surface area contributed by atoms with Crippen molar-refractivity contribution in [1.29, 1.82) is 0 Å². The average Bonchev–Trinajstić information content (AvgIpc) is 3.12. The molecule has 1 aromatic carbocycles. The number of likely N-dealkylation sites (tertiary alicyclic amines) is 1. The number of nitro benzene ring substituents is 1. The van der Waals surface area contributed by atoms with Crippen LogP contribution in [0.15, 0.2) is 11.2 Å². The number of benzene rings is 1. The van der Waals surface area contributed by atoms with Crippen molar-refractivity contribution < 1.29 is 33.2 Å². The van der Waals surface area contributed by atoms with E-state index in [-0.39, 0.29) is 19.5 Å². The molecule has 0 spiro atoms. The number of nitro groups is 1. The van der Waals surface area contributed by atoms with Crippen LogP contribution in [-0.2, 0) is 9.53 Å². The first-order valence-electron chi connectivity index (χ1n) is 7.70. The third-order valence-corrected chi connectivity index (χ3v) is 4.20. The number of methoxy groups -OCH3 is 1. The highest BCUT2D eigenvalue weighted by Crippen LogP contribution is 2.28. The van der Waals surface area contributed by atoms with Gasteiger partial charge in [-0.1, -0.05) is 5.16 Å². The molecule has 27 heavy (non-hydrogen) atoms. The second-order valence-corrected chi connectivity index (χ2v) is 5.79. The maximum absolute atomic E-state index is 14.4. The van der Waals surface area contributed by atoms with Crippen LogP contribution in [0.2, 0.25) is 0 Å². The molecule has 0 aromatic heterocycles. The monoisotopic (exact) mass is 386 g/mol. The number of nitrogens with one attached hydrogen (secondary N) is 1. The van der Waals surface area contributed by atoms with Gasteiger partial charge in [0.2, 0.25) is 11.7 Å². The molecule has 2 rings (SSSR count). The maximum Gasteiger partial charge on any atom is 0.409 e. The number of ether oxygens (including phenoxy) is 1. The standard InChI is InChI=1S/C15H16F2N4O6/c1-7-10(16)5-9(11(17)12(7)21(25)26)13(19-24)18-14(22)8-3-4-20(6-8)15(23)27-2/h5,8,24H,3-4,6H2,1-2H3,(H,18,19,22)/t8-/m1/s1. The van der Waals surface area contributed by atoms with Crippen molar-refractivity contribution >= 4 is 23.5 Å². The fourth-order valence-corrected chi connectivity index (χ4v) is 2.73. The number of carbonyl (C=O) groups excluding carboxylic acids is 2. The van der Waals surface area contributed by atoms with E-state index in [4.69, 9.17) is 5.21 Å². The van der Waals surface area contributed by atoms with Gasteiger partial charge in [-0.2, -0.15) is 4.39 Å². The van der Waals surface area contributed by atoms with Gasteiger partial charge >= 0.3 is 11.8 Å². The molecule has 12 heteroatoms. The van der Waals surface area contributed by atoms with E-state index in [2.05, 4.69) is 15.2 Å². The minimum atomic E-state index is -1.45. The Labute approximate surface area is 151 Å². The van der Waals surface area contributed by atoms with Crippen molar-refractivity contribution in [3.8, 4) is 0 Å². The van der Waals surface area contributed by atoms with Crippen molar-refractivity contribution in [1.82, 2.24) is 10.2 Å². The lowest BCUT2D eigenvalue weighted by atomic mass is 10.1. The molecule has 0 saturated carbocycles. The minimum absolute atomic E-state index is 0.0160. The molecule has 2 N–H and O–H groups in total.